The predicted octanol–water partition coefficient (Wildman–Crippen LogP) is 1.46. The van der Waals surface area contributed by atoms with Crippen LogP contribution in [0.25, 0.3) is 0 Å². The Labute approximate surface area is 67.1 Å². The van der Waals surface area contributed by atoms with Crippen LogP contribution < -0.4 is 5.32 Å². The number of hydrogen-bond acceptors (Lipinski definition) is 2. The molecule has 1 N–H and O–H groups in total. The lowest BCUT2D eigenvalue weighted by atomic mass is 10.3. The average molecular weight is 209 g/mol. The van der Waals surface area contributed by atoms with Crippen molar-refractivity contribution in [3.8, 4) is 0 Å². The number of rotatable bonds is 1. The molecule has 0 unspecified atom stereocenters. The molecular weight excluding hydrogens is 203 g/mol. The van der Waals surface area contributed by atoms with E-state index in [9.17, 15) is 0 Å². The standard InChI is InChI=1S/C5H6BrClN2/c6-1-4-2-8-5(7)9-3-4/h2H,1,3H2,(H,8,9). The van der Waals surface area contributed by atoms with Crippen LogP contribution in [0.5, 0.6) is 0 Å². The van der Waals surface area contributed by atoms with Crippen LogP contribution in [-0.2, 0) is 0 Å². The fourth-order valence-corrected chi connectivity index (χ4v) is 0.966. The maximum absolute atomic E-state index is 5.52. The van der Waals surface area contributed by atoms with Gasteiger partial charge in [0.2, 0.25) is 0 Å². The van der Waals surface area contributed by atoms with Gasteiger partial charge in [-0.25, -0.2) is 4.99 Å². The third-order valence-corrected chi connectivity index (χ3v) is 1.94. The third kappa shape index (κ3) is 1.99. The van der Waals surface area contributed by atoms with Crippen LogP contribution in [-0.4, -0.2) is 17.2 Å². The van der Waals surface area contributed by atoms with Gasteiger partial charge in [-0.1, -0.05) is 15.9 Å². The van der Waals surface area contributed by atoms with Crippen molar-refractivity contribution in [2.75, 3.05) is 11.9 Å². The molecule has 0 spiro atoms. The van der Waals surface area contributed by atoms with E-state index in [-0.39, 0.29) is 0 Å². The van der Waals surface area contributed by atoms with Gasteiger partial charge >= 0.3 is 0 Å². The topological polar surface area (TPSA) is 24.4 Å². The summed E-state index contributed by atoms with van der Waals surface area (Å²) in [5.41, 5.74) is 1.21. The highest BCUT2D eigenvalue weighted by atomic mass is 79.9. The maximum Gasteiger partial charge on any atom is 0.196 e. The van der Waals surface area contributed by atoms with E-state index in [2.05, 4.69) is 26.2 Å². The monoisotopic (exact) mass is 208 g/mol. The number of nitrogens with zero attached hydrogens (tertiary/aromatic N) is 1. The molecule has 1 rings (SSSR count). The molecule has 0 atom stereocenters. The SMILES string of the molecule is ClC1=NC=C(CBr)CN1. The van der Waals surface area contributed by atoms with E-state index < -0.39 is 0 Å². The largest absolute Gasteiger partial charge is 0.357 e. The fraction of sp³-hybridized carbons (Fsp3) is 0.400. The van der Waals surface area contributed by atoms with Crippen molar-refractivity contribution in [1.82, 2.24) is 5.32 Å². The molecule has 1 aliphatic heterocycles. The second-order valence-electron chi connectivity index (χ2n) is 1.69. The quantitative estimate of drug-likeness (QED) is 0.513. The summed E-state index contributed by atoms with van der Waals surface area (Å²) in [5.74, 6) is 0. The molecular formula is C5H6BrClN2. The van der Waals surface area contributed by atoms with Gasteiger partial charge in [-0.3, -0.25) is 0 Å². The summed E-state index contributed by atoms with van der Waals surface area (Å²) >= 11 is 8.83. The Kier molecular flexibility index (Phi) is 2.54. The number of alkyl halides is 1. The predicted molar refractivity (Wildman–Crippen MR) is 43.2 cm³/mol. The molecule has 0 aliphatic carbocycles. The fourth-order valence-electron chi connectivity index (χ4n) is 0.507. The average Bonchev–Trinajstić information content (AvgIpc) is 1.90. The molecule has 2 nitrogen and oxygen atoms in total. The molecule has 0 bridgehead atoms. The molecule has 0 aromatic rings. The maximum atomic E-state index is 5.52. The van der Waals surface area contributed by atoms with Crippen molar-refractivity contribution in [2.45, 2.75) is 0 Å². The van der Waals surface area contributed by atoms with E-state index in [1.165, 1.54) is 5.57 Å². The van der Waals surface area contributed by atoms with E-state index in [1.807, 2.05) is 0 Å². The molecule has 50 valence electrons. The minimum absolute atomic E-state index is 0.472. The van der Waals surface area contributed by atoms with E-state index in [1.54, 1.807) is 6.20 Å². The van der Waals surface area contributed by atoms with Crippen LogP contribution in [0.4, 0.5) is 0 Å². The summed E-state index contributed by atoms with van der Waals surface area (Å²) in [4.78, 5) is 3.86. The highest BCUT2D eigenvalue weighted by Crippen LogP contribution is 2.03. The summed E-state index contributed by atoms with van der Waals surface area (Å²) in [6, 6.07) is 0. The summed E-state index contributed by atoms with van der Waals surface area (Å²) in [5, 5.41) is 4.23. The zero-order valence-electron chi connectivity index (χ0n) is 4.69. The Morgan fingerprint density at radius 2 is 2.67 bits per heavy atom. The van der Waals surface area contributed by atoms with Crippen LogP contribution in [0.15, 0.2) is 16.8 Å². The number of aliphatic imine (C=N–C) groups is 1. The number of hydrogen-bond donors (Lipinski definition) is 1. The number of halogens is 2. The van der Waals surface area contributed by atoms with Crippen molar-refractivity contribution >= 4 is 32.8 Å². The number of amidine groups is 1. The Balaban J connectivity index is 2.59. The van der Waals surface area contributed by atoms with Crippen molar-refractivity contribution in [2.24, 2.45) is 4.99 Å². The Bertz CT molecular complexity index is 164. The second kappa shape index (κ2) is 3.22. The third-order valence-electron chi connectivity index (χ3n) is 0.993. The Morgan fingerprint density at radius 1 is 1.89 bits per heavy atom. The smallest absolute Gasteiger partial charge is 0.196 e. The van der Waals surface area contributed by atoms with Gasteiger partial charge in [0.1, 0.15) is 0 Å². The minimum Gasteiger partial charge on any atom is -0.357 e. The first kappa shape index (κ1) is 7.09. The minimum atomic E-state index is 0.472. The summed E-state index contributed by atoms with van der Waals surface area (Å²) in [7, 11) is 0. The van der Waals surface area contributed by atoms with Gasteiger partial charge in [-0.15, -0.1) is 0 Å². The van der Waals surface area contributed by atoms with Crippen LogP contribution in [0.3, 0.4) is 0 Å². The molecule has 0 aromatic carbocycles. The van der Waals surface area contributed by atoms with E-state index in [4.69, 9.17) is 11.6 Å². The molecule has 4 heteroatoms. The lowest BCUT2D eigenvalue weighted by Crippen LogP contribution is -2.24. The van der Waals surface area contributed by atoms with Crippen LogP contribution in [0.2, 0.25) is 0 Å². The van der Waals surface area contributed by atoms with E-state index in [0.29, 0.717) is 5.29 Å². The van der Waals surface area contributed by atoms with Crippen LogP contribution in [0.1, 0.15) is 0 Å². The first-order valence-electron chi connectivity index (χ1n) is 2.54. The van der Waals surface area contributed by atoms with Gasteiger partial charge in [0, 0.05) is 18.1 Å². The summed E-state index contributed by atoms with van der Waals surface area (Å²) < 4.78 is 0. The molecule has 9 heavy (non-hydrogen) atoms. The van der Waals surface area contributed by atoms with Gasteiger partial charge in [0.15, 0.2) is 5.29 Å². The Morgan fingerprint density at radius 3 is 3.11 bits per heavy atom. The van der Waals surface area contributed by atoms with E-state index >= 15 is 0 Å². The first-order chi connectivity index (χ1) is 4.33. The van der Waals surface area contributed by atoms with Crippen molar-refractivity contribution in [3.05, 3.63) is 11.8 Å². The van der Waals surface area contributed by atoms with Gasteiger partial charge < -0.3 is 5.32 Å². The highest BCUT2D eigenvalue weighted by Gasteiger charge is 2.01. The van der Waals surface area contributed by atoms with Crippen molar-refractivity contribution in [1.29, 1.82) is 0 Å². The molecule has 1 heterocycles. The second-order valence-corrected chi connectivity index (χ2v) is 2.61. The number of nitrogens with one attached hydrogen (secondary N) is 1. The molecule has 0 saturated heterocycles. The normalized spacial score (nSPS) is 18.0. The molecule has 1 aliphatic rings. The lowest BCUT2D eigenvalue weighted by molar-refractivity contribution is 0.971. The molecule has 0 aromatic heterocycles. The highest BCUT2D eigenvalue weighted by molar-refractivity contribution is 9.09. The van der Waals surface area contributed by atoms with Gasteiger partial charge in [0.05, 0.1) is 0 Å². The first-order valence-corrected chi connectivity index (χ1v) is 4.04. The molecule has 0 amide bonds. The van der Waals surface area contributed by atoms with Crippen molar-refractivity contribution in [3.63, 3.8) is 0 Å². The van der Waals surface area contributed by atoms with Crippen LogP contribution >= 0.6 is 27.5 Å². The van der Waals surface area contributed by atoms with Gasteiger partial charge in [0.25, 0.3) is 0 Å². The summed E-state index contributed by atoms with van der Waals surface area (Å²) in [6.45, 7) is 0.799. The molecule has 0 radical (unpaired) electrons. The lowest BCUT2D eigenvalue weighted by Gasteiger charge is -2.08. The van der Waals surface area contributed by atoms with Crippen molar-refractivity contribution < 1.29 is 0 Å². The van der Waals surface area contributed by atoms with Gasteiger partial charge in [-0.05, 0) is 17.2 Å². The van der Waals surface area contributed by atoms with Crippen LogP contribution in [0, 0.1) is 0 Å². The molecule has 0 fully saturated rings. The zero-order chi connectivity index (χ0) is 6.69. The van der Waals surface area contributed by atoms with Gasteiger partial charge in [-0.2, -0.15) is 0 Å². The zero-order valence-corrected chi connectivity index (χ0v) is 7.04. The molecule has 0 saturated carbocycles. The Hall–Kier alpha value is -0.0200. The summed E-state index contributed by atoms with van der Waals surface area (Å²) in [6.07, 6.45) is 1.77. The van der Waals surface area contributed by atoms with E-state index in [0.717, 1.165) is 11.9 Å².